The van der Waals surface area contributed by atoms with E-state index in [1.807, 2.05) is 29.2 Å². The molecule has 0 bridgehead atoms. The molecule has 0 spiro atoms. The van der Waals surface area contributed by atoms with Crippen molar-refractivity contribution in [3.05, 3.63) is 87.2 Å². The Morgan fingerprint density at radius 1 is 0.942 bits per heavy atom. The number of anilines is 2. The monoisotopic (exact) mass is 773 g/mol. The van der Waals surface area contributed by atoms with Crippen molar-refractivity contribution in [2.45, 2.75) is 68.7 Å². The molecule has 0 unspecified atom stereocenters. The fourth-order valence-electron chi connectivity index (χ4n) is 6.79. The summed E-state index contributed by atoms with van der Waals surface area (Å²) in [6.07, 6.45) is -1.60. The van der Waals surface area contributed by atoms with Crippen molar-refractivity contribution in [2.24, 2.45) is 0 Å². The third kappa shape index (κ3) is 8.69. The third-order valence-corrected chi connectivity index (χ3v) is 11.8. The molecule has 52 heavy (non-hydrogen) atoms. The predicted octanol–water partition coefficient (Wildman–Crippen LogP) is 2.57. The molecule has 280 valence electrons. The van der Waals surface area contributed by atoms with E-state index >= 15 is 0 Å². The number of hydrogen-bond donors (Lipinski definition) is 5. The molecule has 2 aliphatic heterocycles. The predicted molar refractivity (Wildman–Crippen MR) is 202 cm³/mol. The lowest BCUT2D eigenvalue weighted by Gasteiger charge is -2.39. The number of aliphatic hydroxyl groups excluding tert-OH is 5. The summed E-state index contributed by atoms with van der Waals surface area (Å²) >= 11 is 15.3. The van der Waals surface area contributed by atoms with E-state index in [4.69, 9.17) is 28.3 Å². The zero-order valence-electron chi connectivity index (χ0n) is 28.9. The van der Waals surface area contributed by atoms with Crippen molar-refractivity contribution in [2.75, 3.05) is 54.7 Å². The molecule has 15 heteroatoms. The Morgan fingerprint density at radius 3 is 2.33 bits per heavy atom. The second-order valence-corrected chi connectivity index (χ2v) is 15.6. The van der Waals surface area contributed by atoms with Gasteiger partial charge in [-0.25, -0.2) is 0 Å². The number of halogens is 2. The number of para-hydroxylation sites is 2. The first-order chi connectivity index (χ1) is 25.0. The number of fused-ring (bicyclic) bond motifs is 1. The lowest BCUT2D eigenvalue weighted by molar-refractivity contribution is -0.122. The minimum Gasteiger partial charge on any atom is -0.394 e. The second kappa shape index (κ2) is 17.0. The van der Waals surface area contributed by atoms with Crippen molar-refractivity contribution in [1.82, 2.24) is 14.8 Å². The summed E-state index contributed by atoms with van der Waals surface area (Å²) in [5.74, 6) is 1.04. The van der Waals surface area contributed by atoms with Crippen molar-refractivity contribution < 1.29 is 35.1 Å². The van der Waals surface area contributed by atoms with Crippen LogP contribution >= 0.6 is 35.0 Å². The molecule has 12 nitrogen and oxygen atoms in total. The molecule has 3 aliphatic rings. The van der Waals surface area contributed by atoms with Crippen molar-refractivity contribution in [3.63, 3.8) is 0 Å². The molecule has 1 saturated carbocycles. The molecule has 3 heterocycles. The van der Waals surface area contributed by atoms with E-state index < -0.39 is 36.9 Å². The van der Waals surface area contributed by atoms with Crippen molar-refractivity contribution >= 4 is 58.2 Å². The fraction of sp³-hybridized carbons (Fsp3) is 0.486. The number of carbonyl (C=O) groups is 2. The maximum absolute atomic E-state index is 14.0. The summed E-state index contributed by atoms with van der Waals surface area (Å²) in [7, 11) is 1.41. The van der Waals surface area contributed by atoms with E-state index in [-0.39, 0.29) is 24.2 Å². The summed E-state index contributed by atoms with van der Waals surface area (Å²) in [5, 5.41) is 49.8. The highest BCUT2D eigenvalue weighted by atomic mass is 35.5. The number of benzene rings is 2. The highest BCUT2D eigenvalue weighted by molar-refractivity contribution is 7.99. The van der Waals surface area contributed by atoms with Crippen LogP contribution in [0.4, 0.5) is 11.4 Å². The van der Waals surface area contributed by atoms with E-state index in [0.29, 0.717) is 47.8 Å². The van der Waals surface area contributed by atoms with Gasteiger partial charge in [-0.15, -0.1) is 11.8 Å². The summed E-state index contributed by atoms with van der Waals surface area (Å²) < 4.78 is 0. The van der Waals surface area contributed by atoms with Gasteiger partial charge in [0.25, 0.3) is 5.91 Å². The lowest BCUT2D eigenvalue weighted by atomic mass is 10.0. The Labute approximate surface area is 317 Å². The summed E-state index contributed by atoms with van der Waals surface area (Å²) in [6, 6.07) is 15.6. The molecular formula is C37H45Cl2N5O7S. The normalized spacial score (nSPS) is 20.0. The average molecular weight is 775 g/mol. The summed E-state index contributed by atoms with van der Waals surface area (Å²) in [4.78, 5) is 38.9. The number of pyridine rings is 1. The average Bonchev–Trinajstić information content (AvgIpc) is 3.90. The van der Waals surface area contributed by atoms with Crippen LogP contribution in [-0.4, -0.2) is 134 Å². The van der Waals surface area contributed by atoms with Crippen LogP contribution in [0.25, 0.3) is 0 Å². The first-order valence-electron chi connectivity index (χ1n) is 17.5. The molecule has 0 radical (unpaired) electrons. The first kappa shape index (κ1) is 38.7. The molecule has 1 aliphatic carbocycles. The SMILES string of the molecule is CN(C[C@H](O)[C@H](O)[C@@H](O)[C@H](O)CO)C(=O)c1ccc(CCc2cc(Cl)c(CN3CSC[C@H]3C(=O)N3CCN(C4CC4)c4ccccc43)cc2Cl)cn1. The number of amides is 2. The number of aromatic nitrogens is 1. The van der Waals surface area contributed by atoms with Gasteiger partial charge >= 0.3 is 0 Å². The molecule has 6 rings (SSSR count). The van der Waals surface area contributed by atoms with Gasteiger partial charge in [0.1, 0.15) is 30.1 Å². The number of thioether (sulfide) groups is 1. The molecule has 2 fully saturated rings. The van der Waals surface area contributed by atoms with Crippen LogP contribution in [-0.2, 0) is 24.2 Å². The number of nitrogens with zero attached hydrogens (tertiary/aromatic N) is 5. The maximum Gasteiger partial charge on any atom is 0.272 e. The maximum atomic E-state index is 14.0. The highest BCUT2D eigenvalue weighted by Gasteiger charge is 2.40. The molecule has 1 aromatic heterocycles. The van der Waals surface area contributed by atoms with Crippen molar-refractivity contribution in [1.29, 1.82) is 0 Å². The van der Waals surface area contributed by atoms with Crippen LogP contribution in [0.5, 0.6) is 0 Å². The Bertz CT molecular complexity index is 1730. The number of hydrogen-bond acceptors (Lipinski definition) is 11. The zero-order chi connectivity index (χ0) is 37.1. The van der Waals surface area contributed by atoms with E-state index in [9.17, 15) is 30.0 Å². The van der Waals surface area contributed by atoms with Crippen LogP contribution < -0.4 is 9.80 Å². The van der Waals surface area contributed by atoms with Gasteiger partial charge in [0, 0.05) is 67.1 Å². The second-order valence-electron chi connectivity index (χ2n) is 13.7. The van der Waals surface area contributed by atoms with E-state index in [1.165, 1.54) is 19.9 Å². The van der Waals surface area contributed by atoms with Crippen LogP contribution in [0, 0.1) is 0 Å². The highest BCUT2D eigenvalue weighted by Crippen LogP contribution is 2.41. The first-order valence-corrected chi connectivity index (χ1v) is 19.4. The topological polar surface area (TPSA) is 161 Å². The molecule has 2 aromatic carbocycles. The standard InChI is InChI=1S/C37H45Cl2N5O7S/c1-41(18-32(46)34(48)35(49)33(47)19-45)36(50)28-11-7-22(16-40-28)6-8-23-14-27(39)24(15-26(23)38)17-42-21-52-20-31(42)37(51)44-13-12-43(25-9-10-25)29-4-2-3-5-30(29)44/h2-5,7,11,14-16,25,31-35,45-49H,6,8-10,12-13,17-21H2,1H3/t31-,32-,33+,34-,35-/m0/s1. The largest absolute Gasteiger partial charge is 0.394 e. The molecule has 3 aromatic rings. The molecule has 5 N–H and O–H groups in total. The smallest absolute Gasteiger partial charge is 0.272 e. The van der Waals surface area contributed by atoms with Crippen LogP contribution in [0.15, 0.2) is 54.7 Å². The molecule has 5 atom stereocenters. The minimum atomic E-state index is -1.78. The number of aryl methyl sites for hydroxylation is 2. The van der Waals surface area contributed by atoms with Gasteiger partial charge in [-0.2, -0.15) is 0 Å². The van der Waals surface area contributed by atoms with Crippen LogP contribution in [0.1, 0.15) is 40.0 Å². The van der Waals surface area contributed by atoms with Gasteiger partial charge < -0.3 is 40.2 Å². The van der Waals surface area contributed by atoms with Gasteiger partial charge in [0.2, 0.25) is 5.91 Å². The third-order valence-electron chi connectivity index (χ3n) is 10.0. The van der Waals surface area contributed by atoms with E-state index in [1.54, 1.807) is 30.1 Å². The van der Waals surface area contributed by atoms with Gasteiger partial charge in [-0.05, 0) is 72.7 Å². The molecular weight excluding hydrogens is 729 g/mol. The lowest BCUT2D eigenvalue weighted by Crippen LogP contribution is -2.52. The van der Waals surface area contributed by atoms with Crippen LogP contribution in [0.3, 0.4) is 0 Å². The number of carbonyl (C=O) groups excluding carboxylic acids is 2. The van der Waals surface area contributed by atoms with E-state index in [2.05, 4.69) is 26.9 Å². The van der Waals surface area contributed by atoms with Gasteiger partial charge in [0.15, 0.2) is 0 Å². The zero-order valence-corrected chi connectivity index (χ0v) is 31.2. The summed E-state index contributed by atoms with van der Waals surface area (Å²) in [6.45, 7) is 0.884. The van der Waals surface area contributed by atoms with Crippen molar-refractivity contribution in [3.8, 4) is 0 Å². The number of likely N-dealkylation sites (N-methyl/N-ethyl adjacent to an activating group) is 1. The fourth-order valence-corrected chi connectivity index (χ4v) is 8.50. The quantitative estimate of drug-likeness (QED) is 0.164. The molecule has 2 amide bonds. The Morgan fingerprint density at radius 2 is 1.63 bits per heavy atom. The number of rotatable bonds is 14. The van der Waals surface area contributed by atoms with E-state index in [0.717, 1.165) is 45.4 Å². The number of aliphatic hydroxyl groups is 5. The van der Waals surface area contributed by atoms with Gasteiger partial charge in [0.05, 0.1) is 24.0 Å². The van der Waals surface area contributed by atoms with Gasteiger partial charge in [-0.3, -0.25) is 19.5 Å². The van der Waals surface area contributed by atoms with Gasteiger partial charge in [-0.1, -0.05) is 41.4 Å². The van der Waals surface area contributed by atoms with Crippen LogP contribution in [0.2, 0.25) is 10.0 Å². The Hall–Kier alpha value is -2.98. The Balaban J connectivity index is 1.04. The molecule has 1 saturated heterocycles. The summed E-state index contributed by atoms with van der Waals surface area (Å²) in [5.41, 5.74) is 4.84. The Kier molecular flexibility index (Phi) is 12.7. The minimum absolute atomic E-state index is 0.117.